The Balaban J connectivity index is 1.68. The molecular formula is C28H34N2O5. The van der Waals surface area contributed by atoms with Crippen LogP contribution in [0.5, 0.6) is 5.75 Å². The summed E-state index contributed by atoms with van der Waals surface area (Å²) in [5.74, 6) is -0.666. The van der Waals surface area contributed by atoms with E-state index in [1.807, 2.05) is 51.1 Å². The molecule has 35 heavy (non-hydrogen) atoms. The first-order valence-electron chi connectivity index (χ1n) is 12.3. The zero-order chi connectivity index (χ0) is 24.9. The summed E-state index contributed by atoms with van der Waals surface area (Å²) in [5.41, 5.74) is 3.33. The molecule has 1 atom stereocenters. The van der Waals surface area contributed by atoms with Crippen molar-refractivity contribution < 1.29 is 24.2 Å². The smallest absolute Gasteiger partial charge is 0.295 e. The van der Waals surface area contributed by atoms with Gasteiger partial charge < -0.3 is 19.5 Å². The lowest BCUT2D eigenvalue weighted by Gasteiger charge is -2.29. The zero-order valence-electron chi connectivity index (χ0n) is 20.8. The maximum absolute atomic E-state index is 13.3. The number of benzene rings is 2. The molecule has 0 radical (unpaired) electrons. The number of likely N-dealkylation sites (tertiary alicyclic amines) is 1. The van der Waals surface area contributed by atoms with Gasteiger partial charge in [-0.15, -0.1) is 0 Å². The molecule has 2 saturated heterocycles. The number of ketones is 1. The SMILES string of the molecule is CCOc1ccc(C(O)=C2C(=O)C(=O)N(CCCN3CCOCC3)C2c2ccc(C)cc2)c(C)c1. The number of amides is 1. The van der Waals surface area contributed by atoms with Gasteiger partial charge in [-0.3, -0.25) is 14.5 Å². The van der Waals surface area contributed by atoms with Crippen LogP contribution in [0.3, 0.4) is 0 Å². The zero-order valence-corrected chi connectivity index (χ0v) is 20.8. The third-order valence-corrected chi connectivity index (χ3v) is 6.67. The second kappa shape index (κ2) is 11.1. The average Bonchev–Trinajstić information content (AvgIpc) is 3.10. The summed E-state index contributed by atoms with van der Waals surface area (Å²) in [6, 6.07) is 12.5. The van der Waals surface area contributed by atoms with Gasteiger partial charge in [0.05, 0.1) is 31.4 Å². The lowest BCUT2D eigenvalue weighted by atomic mass is 9.93. The minimum atomic E-state index is -0.646. The molecule has 0 bridgehead atoms. The van der Waals surface area contributed by atoms with Crippen molar-refractivity contribution in [2.45, 2.75) is 33.2 Å². The standard InChI is InChI=1S/C28H34N2O5/c1-4-35-22-10-11-23(20(3)18-22)26(31)24-25(21-8-6-19(2)7-9-21)30(28(33)27(24)32)13-5-12-29-14-16-34-17-15-29/h6-11,18,25,31H,4-5,12-17H2,1-3H3. The third kappa shape index (κ3) is 5.41. The van der Waals surface area contributed by atoms with Crippen molar-refractivity contribution in [2.24, 2.45) is 0 Å². The van der Waals surface area contributed by atoms with Crippen molar-refractivity contribution in [2.75, 3.05) is 46.0 Å². The molecule has 4 rings (SSSR count). The molecule has 186 valence electrons. The van der Waals surface area contributed by atoms with Crippen molar-refractivity contribution in [3.05, 3.63) is 70.3 Å². The number of hydrogen-bond donors (Lipinski definition) is 1. The number of aliphatic hydroxyl groups excluding tert-OH is 1. The number of aryl methyl sites for hydroxylation is 2. The molecule has 2 aromatic carbocycles. The van der Waals surface area contributed by atoms with Gasteiger partial charge >= 0.3 is 0 Å². The molecule has 1 N–H and O–H groups in total. The molecule has 2 aromatic rings. The second-order valence-corrected chi connectivity index (χ2v) is 9.12. The summed E-state index contributed by atoms with van der Waals surface area (Å²) in [7, 11) is 0. The van der Waals surface area contributed by atoms with Gasteiger partial charge in [-0.25, -0.2) is 0 Å². The first kappa shape index (κ1) is 24.9. The Morgan fingerprint density at radius 3 is 2.43 bits per heavy atom. The minimum Gasteiger partial charge on any atom is -0.507 e. The lowest BCUT2D eigenvalue weighted by Crippen LogP contribution is -2.38. The number of aliphatic hydroxyl groups is 1. The fourth-order valence-corrected chi connectivity index (χ4v) is 4.80. The van der Waals surface area contributed by atoms with E-state index >= 15 is 0 Å². The van der Waals surface area contributed by atoms with Crippen LogP contribution in [0.2, 0.25) is 0 Å². The average molecular weight is 479 g/mol. The summed E-state index contributed by atoms with van der Waals surface area (Å²) in [6.07, 6.45) is 0.734. The summed E-state index contributed by atoms with van der Waals surface area (Å²) in [6.45, 7) is 10.7. The van der Waals surface area contributed by atoms with Gasteiger partial charge in [-0.2, -0.15) is 0 Å². The highest BCUT2D eigenvalue weighted by molar-refractivity contribution is 6.46. The Kier molecular flexibility index (Phi) is 7.88. The van der Waals surface area contributed by atoms with Crippen molar-refractivity contribution in [3.63, 3.8) is 0 Å². The number of carbonyl (C=O) groups is 2. The van der Waals surface area contributed by atoms with Crippen molar-refractivity contribution in [1.29, 1.82) is 0 Å². The Morgan fingerprint density at radius 2 is 1.77 bits per heavy atom. The fourth-order valence-electron chi connectivity index (χ4n) is 4.80. The summed E-state index contributed by atoms with van der Waals surface area (Å²) >= 11 is 0. The van der Waals surface area contributed by atoms with Crippen LogP contribution in [0.15, 0.2) is 48.0 Å². The van der Waals surface area contributed by atoms with E-state index in [2.05, 4.69) is 4.90 Å². The highest BCUT2D eigenvalue weighted by Crippen LogP contribution is 2.40. The molecule has 2 fully saturated rings. The normalized spacial score (nSPS) is 20.4. The fraction of sp³-hybridized carbons (Fsp3) is 0.429. The maximum Gasteiger partial charge on any atom is 0.295 e. The topological polar surface area (TPSA) is 79.3 Å². The van der Waals surface area contributed by atoms with E-state index in [0.717, 1.165) is 56.0 Å². The predicted molar refractivity (Wildman–Crippen MR) is 134 cm³/mol. The van der Waals surface area contributed by atoms with Crippen LogP contribution in [-0.2, 0) is 14.3 Å². The van der Waals surface area contributed by atoms with E-state index in [-0.39, 0.29) is 11.3 Å². The Labute approximate surface area is 206 Å². The van der Waals surface area contributed by atoms with Gasteiger partial charge in [0.2, 0.25) is 0 Å². The van der Waals surface area contributed by atoms with E-state index in [1.165, 1.54) is 0 Å². The number of nitrogens with zero attached hydrogens (tertiary/aromatic N) is 2. The number of ether oxygens (including phenoxy) is 2. The van der Waals surface area contributed by atoms with Gasteiger partial charge in [0, 0.05) is 31.7 Å². The molecule has 0 aliphatic carbocycles. The second-order valence-electron chi connectivity index (χ2n) is 9.12. The summed E-state index contributed by atoms with van der Waals surface area (Å²) in [4.78, 5) is 30.4. The molecule has 7 nitrogen and oxygen atoms in total. The molecule has 2 heterocycles. The van der Waals surface area contributed by atoms with E-state index in [1.54, 1.807) is 17.0 Å². The number of rotatable bonds is 8. The highest BCUT2D eigenvalue weighted by Gasteiger charge is 2.45. The largest absolute Gasteiger partial charge is 0.507 e. The molecule has 1 amide bonds. The van der Waals surface area contributed by atoms with Crippen LogP contribution in [0.4, 0.5) is 0 Å². The van der Waals surface area contributed by atoms with Gasteiger partial charge in [-0.05, 0) is 56.5 Å². The van der Waals surface area contributed by atoms with E-state index in [4.69, 9.17) is 9.47 Å². The quantitative estimate of drug-likeness (QED) is 0.353. The van der Waals surface area contributed by atoms with Crippen molar-refractivity contribution in [3.8, 4) is 5.75 Å². The molecule has 1 unspecified atom stereocenters. The molecular weight excluding hydrogens is 444 g/mol. The first-order chi connectivity index (χ1) is 16.9. The highest BCUT2D eigenvalue weighted by atomic mass is 16.5. The molecule has 2 aliphatic rings. The number of carbonyl (C=O) groups excluding carboxylic acids is 2. The Hall–Kier alpha value is -3.16. The van der Waals surface area contributed by atoms with E-state index in [9.17, 15) is 14.7 Å². The van der Waals surface area contributed by atoms with Gasteiger partial charge in [0.15, 0.2) is 0 Å². The minimum absolute atomic E-state index is 0.137. The number of hydrogen-bond acceptors (Lipinski definition) is 6. The first-order valence-corrected chi connectivity index (χ1v) is 12.3. The summed E-state index contributed by atoms with van der Waals surface area (Å²) < 4.78 is 11.0. The molecule has 2 aliphatic heterocycles. The van der Waals surface area contributed by atoms with Crippen LogP contribution in [0.1, 0.15) is 41.6 Å². The lowest BCUT2D eigenvalue weighted by molar-refractivity contribution is -0.140. The van der Waals surface area contributed by atoms with Gasteiger partial charge in [0.1, 0.15) is 11.5 Å². The van der Waals surface area contributed by atoms with Crippen LogP contribution in [0.25, 0.3) is 5.76 Å². The molecule has 0 saturated carbocycles. The monoisotopic (exact) mass is 478 g/mol. The predicted octanol–water partition coefficient (Wildman–Crippen LogP) is 3.85. The number of Topliss-reactive ketones (excluding diaryl/α,β-unsaturated/α-hetero) is 1. The van der Waals surface area contributed by atoms with Crippen LogP contribution in [-0.4, -0.2) is 72.6 Å². The molecule has 7 heteroatoms. The van der Waals surface area contributed by atoms with Crippen LogP contribution in [0, 0.1) is 13.8 Å². The Bertz CT molecular complexity index is 1100. The van der Waals surface area contributed by atoms with E-state index < -0.39 is 17.7 Å². The Morgan fingerprint density at radius 1 is 1.06 bits per heavy atom. The number of morpholine rings is 1. The van der Waals surface area contributed by atoms with Gasteiger partial charge in [-0.1, -0.05) is 29.8 Å². The maximum atomic E-state index is 13.3. The van der Waals surface area contributed by atoms with Crippen molar-refractivity contribution >= 4 is 17.4 Å². The summed E-state index contributed by atoms with van der Waals surface area (Å²) in [5, 5.41) is 11.4. The third-order valence-electron chi connectivity index (χ3n) is 6.67. The van der Waals surface area contributed by atoms with Crippen molar-refractivity contribution in [1.82, 2.24) is 9.80 Å². The van der Waals surface area contributed by atoms with Crippen LogP contribution < -0.4 is 4.74 Å². The van der Waals surface area contributed by atoms with Crippen LogP contribution >= 0.6 is 0 Å². The van der Waals surface area contributed by atoms with E-state index in [0.29, 0.717) is 24.5 Å². The van der Waals surface area contributed by atoms with Gasteiger partial charge in [0.25, 0.3) is 11.7 Å². The molecule has 0 spiro atoms. The molecule has 0 aromatic heterocycles.